The van der Waals surface area contributed by atoms with Crippen LogP contribution in [0.5, 0.6) is 0 Å². The summed E-state index contributed by atoms with van der Waals surface area (Å²) in [6.45, 7) is 5.22. The minimum atomic E-state index is -0.727. The van der Waals surface area contributed by atoms with Gasteiger partial charge in [-0.3, -0.25) is 9.69 Å². The van der Waals surface area contributed by atoms with Crippen molar-refractivity contribution < 1.29 is 18.7 Å². The molecular weight excluding hydrogens is 343 g/mol. The summed E-state index contributed by atoms with van der Waals surface area (Å²) < 4.78 is 19.2. The Kier molecular flexibility index (Phi) is 4.94. The van der Waals surface area contributed by atoms with Gasteiger partial charge in [-0.05, 0) is 38.5 Å². The van der Waals surface area contributed by atoms with Gasteiger partial charge in [-0.15, -0.1) is 0 Å². The number of esters is 1. The van der Waals surface area contributed by atoms with Gasteiger partial charge in [0.2, 0.25) is 5.91 Å². The Morgan fingerprint density at radius 3 is 2.88 bits per heavy atom. The number of fused-ring (bicyclic) bond motifs is 1. The van der Waals surface area contributed by atoms with E-state index in [9.17, 15) is 14.0 Å². The fraction of sp³-hybridized carbons (Fsp3) is 0.389. The number of hydrogen-bond donors (Lipinski definition) is 0. The highest BCUT2D eigenvalue weighted by Gasteiger charge is 2.41. The largest absolute Gasteiger partial charge is 0.459 e. The Morgan fingerprint density at radius 2 is 2.20 bits per heavy atom. The van der Waals surface area contributed by atoms with Crippen LogP contribution < -0.4 is 0 Å². The zero-order valence-electron chi connectivity index (χ0n) is 14.3. The third kappa shape index (κ3) is 3.46. The molecule has 0 bridgehead atoms. The van der Waals surface area contributed by atoms with E-state index in [0.29, 0.717) is 28.6 Å². The third-order valence-electron chi connectivity index (χ3n) is 3.93. The molecule has 1 unspecified atom stereocenters. The van der Waals surface area contributed by atoms with Crippen molar-refractivity contribution in [3.05, 3.63) is 46.9 Å². The monoisotopic (exact) mass is 362 g/mol. The van der Waals surface area contributed by atoms with E-state index in [-0.39, 0.29) is 17.6 Å². The normalized spacial score (nSPS) is 20.5. The summed E-state index contributed by atoms with van der Waals surface area (Å²) >= 11 is 1.46. The zero-order valence-corrected chi connectivity index (χ0v) is 15.1. The van der Waals surface area contributed by atoms with Crippen LogP contribution in [0.4, 0.5) is 4.39 Å². The molecule has 7 heteroatoms. The van der Waals surface area contributed by atoms with Gasteiger partial charge in [0, 0.05) is 12.2 Å². The van der Waals surface area contributed by atoms with Crippen molar-refractivity contribution in [2.45, 2.75) is 39.3 Å². The Hall–Kier alpha value is -2.15. The molecule has 1 fully saturated rings. The van der Waals surface area contributed by atoms with Gasteiger partial charge in [-0.1, -0.05) is 23.9 Å². The molecule has 1 amide bonds. The molecule has 0 radical (unpaired) electrons. The van der Waals surface area contributed by atoms with E-state index >= 15 is 0 Å². The number of nitrogens with zero attached hydrogens (tertiary/aromatic N) is 2. The van der Waals surface area contributed by atoms with Crippen molar-refractivity contribution in [3.8, 4) is 0 Å². The second kappa shape index (κ2) is 7.00. The van der Waals surface area contributed by atoms with Crippen molar-refractivity contribution in [2.75, 3.05) is 5.75 Å². The van der Waals surface area contributed by atoms with Crippen LogP contribution in [0, 0.1) is 5.82 Å². The summed E-state index contributed by atoms with van der Waals surface area (Å²) in [5.41, 5.74) is 1.30. The van der Waals surface area contributed by atoms with Crippen molar-refractivity contribution >= 4 is 28.8 Å². The first-order valence-corrected chi connectivity index (χ1v) is 9.08. The van der Waals surface area contributed by atoms with Crippen molar-refractivity contribution in [1.29, 1.82) is 0 Å². The van der Waals surface area contributed by atoms with E-state index in [1.807, 2.05) is 0 Å². The molecule has 132 valence electrons. The minimum absolute atomic E-state index is 0.130. The number of thioether (sulfide) groups is 1. The maximum absolute atomic E-state index is 13.8. The van der Waals surface area contributed by atoms with Crippen LogP contribution >= 0.6 is 11.8 Å². The van der Waals surface area contributed by atoms with Gasteiger partial charge >= 0.3 is 5.97 Å². The van der Waals surface area contributed by atoms with Gasteiger partial charge in [0.15, 0.2) is 5.17 Å². The van der Waals surface area contributed by atoms with Gasteiger partial charge in [0.1, 0.15) is 5.82 Å². The van der Waals surface area contributed by atoms with E-state index < -0.39 is 17.8 Å². The topological polar surface area (TPSA) is 59.0 Å². The second-order valence-corrected chi connectivity index (χ2v) is 7.23. The van der Waals surface area contributed by atoms with Crippen LogP contribution in [0.25, 0.3) is 0 Å². The molecule has 0 aliphatic carbocycles. The predicted molar refractivity (Wildman–Crippen MR) is 94.4 cm³/mol. The Balaban J connectivity index is 2.14. The fourth-order valence-corrected chi connectivity index (χ4v) is 3.93. The molecule has 2 heterocycles. The summed E-state index contributed by atoms with van der Waals surface area (Å²) in [5, 5.41) is 0.545. The molecule has 1 saturated heterocycles. The summed E-state index contributed by atoms with van der Waals surface area (Å²) in [4.78, 5) is 31.2. The van der Waals surface area contributed by atoms with Crippen molar-refractivity contribution in [1.82, 2.24) is 4.90 Å². The predicted octanol–water partition coefficient (Wildman–Crippen LogP) is 3.43. The molecular formula is C18H19FN2O3S. The molecule has 5 nitrogen and oxygen atoms in total. The maximum atomic E-state index is 13.8. The first-order chi connectivity index (χ1) is 11.9. The Morgan fingerprint density at radius 1 is 1.44 bits per heavy atom. The molecule has 1 aromatic rings. The molecule has 2 aliphatic rings. The number of ether oxygens (including phenoxy) is 1. The standard InChI is InChI=1S/C18H19FN2O3S/c1-10(2)24-17(23)15-11(3)20-18-21(14(22)7-8-25-18)16(15)12-5-4-6-13(19)9-12/h4-6,9-10,16H,7-8H2,1-3H3. The summed E-state index contributed by atoms with van der Waals surface area (Å²) in [7, 11) is 0. The molecule has 3 rings (SSSR count). The molecule has 0 aromatic heterocycles. The van der Waals surface area contributed by atoms with Crippen LogP contribution in [0.2, 0.25) is 0 Å². The average molecular weight is 362 g/mol. The Labute approximate surface area is 149 Å². The van der Waals surface area contributed by atoms with Crippen molar-refractivity contribution in [2.24, 2.45) is 4.99 Å². The van der Waals surface area contributed by atoms with Crippen LogP contribution in [0.3, 0.4) is 0 Å². The average Bonchev–Trinajstić information content (AvgIpc) is 2.53. The number of benzene rings is 1. The molecule has 0 saturated carbocycles. The summed E-state index contributed by atoms with van der Waals surface area (Å²) in [6, 6.07) is 5.22. The lowest BCUT2D eigenvalue weighted by molar-refractivity contribution is -0.143. The third-order valence-corrected chi connectivity index (χ3v) is 4.89. The SMILES string of the molecule is CC1=C(C(=O)OC(C)C)C(c2cccc(F)c2)N2C(=O)CCSC2=N1. The lowest BCUT2D eigenvalue weighted by Gasteiger charge is -2.39. The molecule has 0 N–H and O–H groups in total. The summed E-state index contributed by atoms with van der Waals surface area (Å²) in [5.74, 6) is -0.446. The highest BCUT2D eigenvalue weighted by Crippen LogP contribution is 2.40. The number of amides is 1. The van der Waals surface area contributed by atoms with Gasteiger partial charge in [0.25, 0.3) is 0 Å². The van der Waals surface area contributed by atoms with Gasteiger partial charge < -0.3 is 4.74 Å². The number of halogens is 1. The van der Waals surface area contributed by atoms with Gasteiger partial charge in [-0.2, -0.15) is 0 Å². The minimum Gasteiger partial charge on any atom is -0.459 e. The fourth-order valence-electron chi connectivity index (χ4n) is 2.93. The van der Waals surface area contributed by atoms with Crippen LogP contribution in [0.1, 0.15) is 38.8 Å². The number of rotatable bonds is 3. The molecule has 1 aromatic carbocycles. The lowest BCUT2D eigenvalue weighted by Crippen LogP contribution is -2.46. The van der Waals surface area contributed by atoms with E-state index in [1.54, 1.807) is 32.9 Å². The molecule has 0 spiro atoms. The number of hydrogen-bond acceptors (Lipinski definition) is 5. The number of allylic oxidation sites excluding steroid dienone is 1. The molecule has 25 heavy (non-hydrogen) atoms. The van der Waals surface area contributed by atoms with Crippen LogP contribution in [-0.4, -0.2) is 33.8 Å². The first kappa shape index (κ1) is 17.7. The molecule has 1 atom stereocenters. The quantitative estimate of drug-likeness (QED) is 0.773. The van der Waals surface area contributed by atoms with Gasteiger partial charge in [-0.25, -0.2) is 14.2 Å². The highest BCUT2D eigenvalue weighted by molar-refractivity contribution is 8.14. The van der Waals surface area contributed by atoms with Crippen LogP contribution in [0.15, 0.2) is 40.5 Å². The van der Waals surface area contributed by atoms with Crippen molar-refractivity contribution in [3.63, 3.8) is 0 Å². The highest BCUT2D eigenvalue weighted by atomic mass is 32.2. The smallest absolute Gasteiger partial charge is 0.338 e. The number of carbonyl (C=O) groups is 2. The first-order valence-electron chi connectivity index (χ1n) is 8.09. The van der Waals surface area contributed by atoms with Crippen LogP contribution in [-0.2, 0) is 14.3 Å². The second-order valence-electron chi connectivity index (χ2n) is 6.17. The van der Waals surface area contributed by atoms with Gasteiger partial charge in [0.05, 0.1) is 23.4 Å². The maximum Gasteiger partial charge on any atom is 0.338 e. The molecule has 2 aliphatic heterocycles. The van der Waals surface area contributed by atoms with E-state index in [0.717, 1.165) is 0 Å². The summed E-state index contributed by atoms with van der Waals surface area (Å²) in [6.07, 6.45) is 0.0407. The van der Waals surface area contributed by atoms with E-state index in [4.69, 9.17) is 4.74 Å². The Bertz CT molecular complexity index is 788. The lowest BCUT2D eigenvalue weighted by atomic mass is 9.94. The number of amidine groups is 1. The zero-order chi connectivity index (χ0) is 18.1. The van der Waals surface area contributed by atoms with E-state index in [2.05, 4.69) is 4.99 Å². The van der Waals surface area contributed by atoms with E-state index in [1.165, 1.54) is 28.8 Å². The number of aliphatic imine (C=N–C) groups is 1. The number of carbonyl (C=O) groups excluding carboxylic acids is 2.